The summed E-state index contributed by atoms with van der Waals surface area (Å²) in [5, 5.41) is 14.1. The molecule has 3 rings (SSSR count). The van der Waals surface area contributed by atoms with Crippen molar-refractivity contribution in [3.8, 4) is 0 Å². The monoisotopic (exact) mass is 490 g/mol. The molecule has 0 bridgehead atoms. The number of aromatic nitrogens is 1. The first-order valence-corrected chi connectivity index (χ1v) is 12.2. The Morgan fingerprint density at radius 2 is 1.88 bits per heavy atom. The molecule has 0 aliphatic heterocycles. The van der Waals surface area contributed by atoms with Crippen molar-refractivity contribution in [1.82, 2.24) is 9.88 Å². The summed E-state index contributed by atoms with van der Waals surface area (Å²) < 4.78 is 19.2. The molecule has 2 atom stereocenters. The second-order valence-electron chi connectivity index (χ2n) is 8.07. The van der Waals surface area contributed by atoms with Crippen LogP contribution in [0.4, 0.5) is 0 Å². The van der Waals surface area contributed by atoms with E-state index in [2.05, 4.69) is 5.32 Å². The smallest absolute Gasteiger partial charge is 0.357 e. The summed E-state index contributed by atoms with van der Waals surface area (Å²) in [7, 11) is 1.79. The molecule has 0 fully saturated rings. The largest absolute Gasteiger partial charge is 0.611 e. The van der Waals surface area contributed by atoms with E-state index in [1.54, 1.807) is 55.8 Å². The van der Waals surface area contributed by atoms with Crippen LogP contribution < -0.4 is 5.32 Å². The first kappa shape index (κ1) is 25.1. The molecule has 0 saturated heterocycles. The average molecular weight is 491 g/mol. The number of carbonyl (C=O) groups is 2. The van der Waals surface area contributed by atoms with Crippen molar-refractivity contribution in [2.24, 2.45) is 7.05 Å². The van der Waals surface area contributed by atoms with Crippen LogP contribution in [0.3, 0.4) is 0 Å². The fourth-order valence-electron chi connectivity index (χ4n) is 3.54. The number of carbonyl (C=O) groups excluding carboxylic acids is 2. The summed E-state index contributed by atoms with van der Waals surface area (Å²) in [5.41, 5.74) is 2.89. The lowest BCUT2D eigenvalue weighted by Gasteiger charge is -2.18. The highest BCUT2D eigenvalue weighted by Gasteiger charge is 2.22. The highest BCUT2D eigenvalue weighted by Crippen LogP contribution is 2.28. The number of rotatable bonds is 8. The molecular weight excluding hydrogens is 464 g/mol. The molecule has 3 aromatic rings. The van der Waals surface area contributed by atoms with Gasteiger partial charge in [-0.25, -0.2) is 4.79 Å². The number of hydrogen-bond donors (Lipinski definition) is 2. The number of aliphatic hydroxyl groups is 1. The van der Waals surface area contributed by atoms with Crippen molar-refractivity contribution < 1.29 is 24.0 Å². The van der Waals surface area contributed by atoms with Gasteiger partial charge in [0, 0.05) is 12.4 Å². The second kappa shape index (κ2) is 10.6. The molecule has 2 unspecified atom stereocenters. The number of aliphatic hydroxyl groups excluding tert-OH is 1. The SMILES string of the molecule is Cc1cc(Cl)c2cc(C(=O)NC(CO)c3ccc([S+]([O-])CC(=O)OC(C)C)cc3)n(C)c2c1. The molecule has 9 heteroatoms. The maximum Gasteiger partial charge on any atom is 0.357 e. The van der Waals surface area contributed by atoms with Crippen LogP contribution >= 0.6 is 11.6 Å². The summed E-state index contributed by atoms with van der Waals surface area (Å²) >= 11 is 4.79. The van der Waals surface area contributed by atoms with Gasteiger partial charge in [0.25, 0.3) is 5.91 Å². The van der Waals surface area contributed by atoms with E-state index < -0.39 is 23.2 Å². The third kappa shape index (κ3) is 5.89. The maximum absolute atomic E-state index is 13.0. The molecule has 0 radical (unpaired) electrons. The van der Waals surface area contributed by atoms with Crippen molar-refractivity contribution >= 4 is 45.6 Å². The Morgan fingerprint density at radius 3 is 2.48 bits per heavy atom. The molecule has 2 aromatic carbocycles. The quantitative estimate of drug-likeness (QED) is 0.370. The van der Waals surface area contributed by atoms with Crippen molar-refractivity contribution in [2.75, 3.05) is 12.4 Å². The standard InChI is InChI=1S/C24H27ClN2O5S/c1-14(2)32-23(29)13-33(31)17-7-5-16(6-8-17)20(12-28)26-24(30)22-11-18-19(25)9-15(3)10-21(18)27(22)4/h5-11,14,20,28H,12-13H2,1-4H3,(H,26,30). The van der Waals surface area contributed by atoms with E-state index in [4.69, 9.17) is 16.3 Å². The van der Waals surface area contributed by atoms with E-state index in [1.165, 1.54) is 0 Å². The van der Waals surface area contributed by atoms with Gasteiger partial charge in [0.15, 0.2) is 4.90 Å². The minimum Gasteiger partial charge on any atom is -0.611 e. The summed E-state index contributed by atoms with van der Waals surface area (Å²) in [4.78, 5) is 25.2. The van der Waals surface area contributed by atoms with Crippen LogP contribution in [0.5, 0.6) is 0 Å². The minimum atomic E-state index is -1.55. The van der Waals surface area contributed by atoms with Gasteiger partial charge in [-0.1, -0.05) is 23.7 Å². The van der Waals surface area contributed by atoms with Gasteiger partial charge in [0.05, 0.1) is 29.3 Å². The Morgan fingerprint density at radius 1 is 1.21 bits per heavy atom. The Hall–Kier alpha value is -2.52. The lowest BCUT2D eigenvalue weighted by molar-refractivity contribution is -0.144. The highest BCUT2D eigenvalue weighted by molar-refractivity contribution is 7.92. The molecule has 0 aliphatic carbocycles. The van der Waals surface area contributed by atoms with Crippen LogP contribution in [-0.4, -0.2) is 44.6 Å². The zero-order valence-electron chi connectivity index (χ0n) is 18.9. The Bertz CT molecular complexity index is 1160. The molecule has 1 heterocycles. The topological polar surface area (TPSA) is 104 Å². The van der Waals surface area contributed by atoms with E-state index in [-0.39, 0.29) is 24.4 Å². The van der Waals surface area contributed by atoms with Gasteiger partial charge in [0.1, 0.15) is 5.69 Å². The number of amides is 1. The third-order valence-corrected chi connectivity index (χ3v) is 6.75. The van der Waals surface area contributed by atoms with Crippen LogP contribution in [0.2, 0.25) is 5.02 Å². The van der Waals surface area contributed by atoms with Crippen LogP contribution in [0.25, 0.3) is 10.9 Å². The molecule has 1 amide bonds. The fraction of sp³-hybridized carbons (Fsp3) is 0.333. The molecule has 1 aromatic heterocycles. The van der Waals surface area contributed by atoms with E-state index in [0.717, 1.165) is 16.5 Å². The molecule has 2 N–H and O–H groups in total. The Kier molecular flexibility index (Phi) is 8.07. The molecule has 0 spiro atoms. The van der Waals surface area contributed by atoms with Gasteiger partial charge in [-0.2, -0.15) is 0 Å². The Labute approximate surface area is 200 Å². The van der Waals surface area contributed by atoms with Crippen molar-refractivity contribution in [2.45, 2.75) is 37.8 Å². The first-order chi connectivity index (χ1) is 15.6. The third-order valence-electron chi connectivity index (χ3n) is 5.14. The van der Waals surface area contributed by atoms with Crippen LogP contribution in [0.15, 0.2) is 47.4 Å². The van der Waals surface area contributed by atoms with E-state index in [0.29, 0.717) is 21.2 Å². The molecule has 0 aliphatic rings. The lowest BCUT2D eigenvalue weighted by Crippen LogP contribution is -2.32. The minimum absolute atomic E-state index is 0.235. The molecule has 0 saturated carbocycles. The number of nitrogens with one attached hydrogen (secondary N) is 1. The highest BCUT2D eigenvalue weighted by atomic mass is 35.5. The van der Waals surface area contributed by atoms with Gasteiger partial charge in [-0.05, 0) is 73.4 Å². The fourth-order valence-corrected chi connectivity index (χ4v) is 4.75. The molecular formula is C24H27ClN2O5S. The zero-order chi connectivity index (χ0) is 24.3. The summed E-state index contributed by atoms with van der Waals surface area (Å²) in [6, 6.07) is 11.4. The lowest BCUT2D eigenvalue weighted by atomic mass is 10.1. The van der Waals surface area contributed by atoms with E-state index >= 15 is 0 Å². The summed E-state index contributed by atoms with van der Waals surface area (Å²) in [5.74, 6) is -1.12. The molecule has 33 heavy (non-hydrogen) atoms. The van der Waals surface area contributed by atoms with Crippen molar-refractivity contribution in [3.05, 3.63) is 64.3 Å². The van der Waals surface area contributed by atoms with Gasteiger partial charge in [-0.15, -0.1) is 0 Å². The second-order valence-corrected chi connectivity index (χ2v) is 9.93. The van der Waals surface area contributed by atoms with Crippen LogP contribution in [0, 0.1) is 6.92 Å². The summed E-state index contributed by atoms with van der Waals surface area (Å²) in [6.07, 6.45) is -0.271. The number of nitrogens with zero attached hydrogens (tertiary/aromatic N) is 1. The predicted octanol–water partition coefficient (Wildman–Crippen LogP) is 3.66. The number of hydrogen-bond acceptors (Lipinski definition) is 5. The summed E-state index contributed by atoms with van der Waals surface area (Å²) in [6.45, 7) is 5.07. The first-order valence-electron chi connectivity index (χ1n) is 10.5. The van der Waals surface area contributed by atoms with Crippen LogP contribution in [0.1, 0.15) is 41.5 Å². The van der Waals surface area contributed by atoms with Gasteiger partial charge in [0.2, 0.25) is 5.75 Å². The number of halogens is 1. The number of esters is 1. The Balaban J connectivity index is 1.74. The van der Waals surface area contributed by atoms with E-state index in [1.807, 2.05) is 19.1 Å². The number of ether oxygens (including phenoxy) is 1. The van der Waals surface area contributed by atoms with Crippen molar-refractivity contribution in [1.29, 1.82) is 0 Å². The van der Waals surface area contributed by atoms with Crippen LogP contribution in [-0.2, 0) is 27.8 Å². The predicted molar refractivity (Wildman–Crippen MR) is 129 cm³/mol. The van der Waals surface area contributed by atoms with Gasteiger partial charge >= 0.3 is 5.97 Å². The van der Waals surface area contributed by atoms with E-state index in [9.17, 15) is 19.2 Å². The number of benzene rings is 2. The average Bonchev–Trinajstić information content (AvgIpc) is 3.08. The van der Waals surface area contributed by atoms with Crippen molar-refractivity contribution in [3.63, 3.8) is 0 Å². The number of aryl methyl sites for hydroxylation is 2. The zero-order valence-corrected chi connectivity index (χ0v) is 20.5. The normalized spacial score (nSPS) is 13.2. The van der Waals surface area contributed by atoms with Gasteiger partial charge in [-0.3, -0.25) is 4.79 Å². The van der Waals surface area contributed by atoms with Gasteiger partial charge < -0.3 is 24.3 Å². The molecule has 176 valence electrons. The number of fused-ring (bicyclic) bond motifs is 1. The maximum atomic E-state index is 13.0. The molecule has 7 nitrogen and oxygen atoms in total.